The minimum Gasteiger partial charge on any atom is -0.480 e. The predicted molar refractivity (Wildman–Crippen MR) is 67.5 cm³/mol. The van der Waals surface area contributed by atoms with E-state index in [1.54, 1.807) is 31.6 Å². The molecule has 0 aliphatic heterocycles. The molecule has 0 aliphatic rings. The highest BCUT2D eigenvalue weighted by Gasteiger charge is 2.36. The van der Waals surface area contributed by atoms with Crippen molar-refractivity contribution in [2.75, 3.05) is 19.0 Å². The number of aromatic nitrogens is 1. The van der Waals surface area contributed by atoms with Crippen LogP contribution in [0.2, 0.25) is 0 Å². The largest absolute Gasteiger partial charge is 0.480 e. The van der Waals surface area contributed by atoms with Crippen LogP contribution >= 0.6 is 0 Å². The van der Waals surface area contributed by atoms with Crippen LogP contribution in [0.25, 0.3) is 0 Å². The molecule has 1 aromatic heterocycles. The van der Waals surface area contributed by atoms with Crippen LogP contribution in [-0.2, 0) is 4.79 Å². The van der Waals surface area contributed by atoms with Gasteiger partial charge >= 0.3 is 12.0 Å². The monoisotopic (exact) mass is 251 g/mol. The summed E-state index contributed by atoms with van der Waals surface area (Å²) in [5.74, 6) is -1.06. The first-order valence-corrected chi connectivity index (χ1v) is 5.43. The highest BCUT2D eigenvalue weighted by Crippen LogP contribution is 2.18. The van der Waals surface area contributed by atoms with Crippen LogP contribution in [0.4, 0.5) is 10.5 Å². The van der Waals surface area contributed by atoms with Crippen molar-refractivity contribution in [3.63, 3.8) is 0 Å². The Kier molecular flexibility index (Phi) is 3.90. The summed E-state index contributed by atoms with van der Waals surface area (Å²) in [6, 6.07) is 3.03. The van der Waals surface area contributed by atoms with Crippen molar-refractivity contribution >= 4 is 17.7 Å². The van der Waals surface area contributed by atoms with E-state index in [1.807, 2.05) is 0 Å². The number of aliphatic carboxylic acids is 1. The molecule has 1 N–H and O–H groups in total. The van der Waals surface area contributed by atoms with Crippen molar-refractivity contribution in [2.24, 2.45) is 0 Å². The van der Waals surface area contributed by atoms with Crippen LogP contribution < -0.4 is 4.90 Å². The number of likely N-dealkylation sites (N-methyl/N-ethyl adjacent to an activating group) is 1. The van der Waals surface area contributed by atoms with Crippen molar-refractivity contribution in [2.45, 2.75) is 19.4 Å². The Morgan fingerprint density at radius 1 is 1.33 bits per heavy atom. The maximum absolute atomic E-state index is 12.2. The summed E-state index contributed by atoms with van der Waals surface area (Å²) >= 11 is 0. The molecular weight excluding hydrogens is 234 g/mol. The van der Waals surface area contributed by atoms with Gasteiger partial charge in [0.2, 0.25) is 0 Å². The van der Waals surface area contributed by atoms with Crippen LogP contribution in [0, 0.1) is 0 Å². The summed E-state index contributed by atoms with van der Waals surface area (Å²) in [6.45, 7) is 2.95. The van der Waals surface area contributed by atoms with Gasteiger partial charge in [-0.2, -0.15) is 0 Å². The second kappa shape index (κ2) is 5.03. The summed E-state index contributed by atoms with van der Waals surface area (Å²) in [5.41, 5.74) is -0.663. The fraction of sp³-hybridized carbons (Fsp3) is 0.417. The van der Waals surface area contributed by atoms with E-state index in [0.717, 1.165) is 0 Å². The third kappa shape index (κ3) is 2.58. The molecule has 0 bridgehead atoms. The van der Waals surface area contributed by atoms with Gasteiger partial charge in [-0.3, -0.25) is 9.88 Å². The van der Waals surface area contributed by atoms with E-state index in [4.69, 9.17) is 5.11 Å². The Bertz CT molecular complexity index is 445. The van der Waals surface area contributed by atoms with Crippen molar-refractivity contribution in [1.82, 2.24) is 9.88 Å². The Morgan fingerprint density at radius 3 is 2.39 bits per heavy atom. The highest BCUT2D eigenvalue weighted by atomic mass is 16.4. The molecule has 0 saturated carbocycles. The number of pyridine rings is 1. The minimum absolute atomic E-state index is 0.407. The number of hydrogen-bond donors (Lipinski definition) is 1. The number of carboxylic acids is 1. The van der Waals surface area contributed by atoms with Crippen LogP contribution in [0.1, 0.15) is 13.8 Å². The van der Waals surface area contributed by atoms with Gasteiger partial charge in [0.05, 0.1) is 11.9 Å². The molecule has 0 aliphatic carbocycles. The molecule has 0 atom stereocenters. The summed E-state index contributed by atoms with van der Waals surface area (Å²) in [4.78, 5) is 29.7. The first kappa shape index (κ1) is 14.0. The van der Waals surface area contributed by atoms with Crippen molar-refractivity contribution < 1.29 is 14.7 Å². The maximum atomic E-state index is 12.2. The molecule has 0 saturated heterocycles. The van der Waals surface area contributed by atoms with Crippen molar-refractivity contribution in [3.05, 3.63) is 24.5 Å². The second-order valence-corrected chi connectivity index (χ2v) is 4.48. The molecule has 0 unspecified atom stereocenters. The van der Waals surface area contributed by atoms with Crippen LogP contribution in [0.15, 0.2) is 24.5 Å². The second-order valence-electron chi connectivity index (χ2n) is 4.48. The number of hydrogen-bond acceptors (Lipinski definition) is 3. The number of carbonyl (C=O) groups is 2. The number of carbonyl (C=O) groups excluding carboxylic acids is 1. The summed E-state index contributed by atoms with van der Waals surface area (Å²) in [5, 5.41) is 9.09. The number of carboxylic acid groups (broad SMARTS) is 1. The highest BCUT2D eigenvalue weighted by molar-refractivity contribution is 5.94. The summed E-state index contributed by atoms with van der Waals surface area (Å²) in [6.07, 6.45) is 3.15. The van der Waals surface area contributed by atoms with Gasteiger partial charge in [-0.1, -0.05) is 0 Å². The zero-order valence-corrected chi connectivity index (χ0v) is 10.9. The van der Waals surface area contributed by atoms with E-state index in [9.17, 15) is 9.59 Å². The van der Waals surface area contributed by atoms with E-state index in [1.165, 1.54) is 30.7 Å². The van der Waals surface area contributed by atoms with E-state index in [0.29, 0.717) is 5.69 Å². The lowest BCUT2D eigenvalue weighted by molar-refractivity contribution is -0.146. The number of urea groups is 1. The normalized spacial score (nSPS) is 10.9. The number of amides is 2. The van der Waals surface area contributed by atoms with Crippen LogP contribution in [0.3, 0.4) is 0 Å². The zero-order chi connectivity index (χ0) is 13.9. The predicted octanol–water partition coefficient (Wildman–Crippen LogP) is 1.43. The summed E-state index contributed by atoms with van der Waals surface area (Å²) in [7, 11) is 3.04. The molecule has 6 nitrogen and oxygen atoms in total. The first-order valence-electron chi connectivity index (χ1n) is 5.43. The Balaban J connectivity index is 2.92. The molecule has 98 valence electrons. The molecule has 0 fully saturated rings. The van der Waals surface area contributed by atoms with Gasteiger partial charge < -0.3 is 10.0 Å². The number of rotatable bonds is 3. The van der Waals surface area contributed by atoms with Crippen LogP contribution in [-0.4, -0.2) is 46.6 Å². The molecule has 18 heavy (non-hydrogen) atoms. The molecule has 2 amide bonds. The maximum Gasteiger partial charge on any atom is 0.329 e. The minimum atomic E-state index is -1.27. The topological polar surface area (TPSA) is 73.7 Å². The van der Waals surface area contributed by atoms with Gasteiger partial charge in [0.15, 0.2) is 0 Å². The van der Waals surface area contributed by atoms with Gasteiger partial charge in [0, 0.05) is 20.3 Å². The third-order valence-corrected chi connectivity index (χ3v) is 2.97. The first-order chi connectivity index (χ1) is 8.28. The lowest BCUT2D eigenvalue weighted by Crippen LogP contribution is -2.54. The van der Waals surface area contributed by atoms with E-state index in [-0.39, 0.29) is 0 Å². The fourth-order valence-corrected chi connectivity index (χ4v) is 1.27. The van der Waals surface area contributed by atoms with Crippen LogP contribution in [0.5, 0.6) is 0 Å². The van der Waals surface area contributed by atoms with Gasteiger partial charge in [-0.15, -0.1) is 0 Å². The van der Waals surface area contributed by atoms with Gasteiger partial charge in [-0.05, 0) is 26.0 Å². The van der Waals surface area contributed by atoms with E-state index in [2.05, 4.69) is 4.98 Å². The molecule has 0 aromatic carbocycles. The standard InChI is InChI=1S/C12H17N3O3/c1-12(2,10(16)17)15(4)11(18)14(3)9-6-5-7-13-8-9/h5-8H,1-4H3,(H,16,17). The van der Waals surface area contributed by atoms with Crippen molar-refractivity contribution in [3.8, 4) is 0 Å². The lowest BCUT2D eigenvalue weighted by atomic mass is 10.0. The average Bonchev–Trinajstić information content (AvgIpc) is 2.36. The molecule has 1 rings (SSSR count). The third-order valence-electron chi connectivity index (χ3n) is 2.97. The molecule has 1 aromatic rings. The smallest absolute Gasteiger partial charge is 0.329 e. The number of nitrogens with zero attached hydrogens (tertiary/aromatic N) is 3. The van der Waals surface area contributed by atoms with Crippen molar-refractivity contribution in [1.29, 1.82) is 0 Å². The number of anilines is 1. The molecular formula is C12H17N3O3. The SMILES string of the molecule is CN(C(=O)N(C)C(C)(C)C(=O)O)c1cccnc1. The fourth-order valence-electron chi connectivity index (χ4n) is 1.27. The zero-order valence-electron chi connectivity index (χ0n) is 10.9. The Hall–Kier alpha value is -2.11. The molecule has 0 spiro atoms. The average molecular weight is 251 g/mol. The Labute approximate surface area is 106 Å². The quantitative estimate of drug-likeness (QED) is 0.882. The molecule has 0 radical (unpaired) electrons. The Morgan fingerprint density at radius 2 is 1.94 bits per heavy atom. The summed E-state index contributed by atoms with van der Waals surface area (Å²) < 4.78 is 0. The molecule has 6 heteroatoms. The van der Waals surface area contributed by atoms with Gasteiger partial charge in [0.25, 0.3) is 0 Å². The van der Waals surface area contributed by atoms with Gasteiger partial charge in [-0.25, -0.2) is 9.59 Å². The van der Waals surface area contributed by atoms with E-state index < -0.39 is 17.5 Å². The molecule has 1 heterocycles. The van der Waals surface area contributed by atoms with E-state index >= 15 is 0 Å². The van der Waals surface area contributed by atoms with Gasteiger partial charge in [0.1, 0.15) is 5.54 Å². The lowest BCUT2D eigenvalue weighted by Gasteiger charge is -2.34.